The molecule has 0 aliphatic heterocycles. The second-order valence-electron chi connectivity index (χ2n) is 9.68. The van der Waals surface area contributed by atoms with E-state index in [0.717, 1.165) is 39.1 Å². The molecule has 0 aliphatic rings. The molecule has 0 atom stereocenters. The maximum absolute atomic E-state index is 10.2. The topological polar surface area (TPSA) is 51.8 Å². The molecule has 3 N–H and O–H groups in total. The molecule has 2 heterocycles. The van der Waals surface area contributed by atoms with Crippen molar-refractivity contribution in [1.29, 1.82) is 0 Å². The first-order valence-corrected chi connectivity index (χ1v) is 12.9. The average Bonchev–Trinajstić information content (AvgIpc) is 3.55. The van der Waals surface area contributed by atoms with Crippen LogP contribution in [0.3, 0.4) is 0 Å². The molecular formula is C35H26N2O. The van der Waals surface area contributed by atoms with Crippen molar-refractivity contribution in [2.45, 2.75) is 5.92 Å². The molecule has 0 spiro atoms. The maximum atomic E-state index is 10.2. The molecule has 0 unspecified atom stereocenters. The van der Waals surface area contributed by atoms with Gasteiger partial charge in [0.15, 0.2) is 0 Å². The summed E-state index contributed by atoms with van der Waals surface area (Å²) in [7, 11) is 0. The van der Waals surface area contributed by atoms with Gasteiger partial charge in [-0.3, -0.25) is 0 Å². The smallest absolute Gasteiger partial charge is 0.115 e. The highest BCUT2D eigenvalue weighted by atomic mass is 16.3. The van der Waals surface area contributed by atoms with E-state index in [9.17, 15) is 5.11 Å². The molecule has 0 amide bonds. The fourth-order valence-electron chi connectivity index (χ4n) is 5.74. The van der Waals surface area contributed by atoms with E-state index in [2.05, 4.69) is 119 Å². The number of benzene rings is 5. The quantitative estimate of drug-likeness (QED) is 0.222. The summed E-state index contributed by atoms with van der Waals surface area (Å²) in [5, 5.41) is 12.6. The highest BCUT2D eigenvalue weighted by Crippen LogP contribution is 2.47. The van der Waals surface area contributed by atoms with Crippen molar-refractivity contribution in [2.75, 3.05) is 0 Å². The van der Waals surface area contributed by atoms with Crippen LogP contribution in [0.2, 0.25) is 0 Å². The van der Waals surface area contributed by atoms with Gasteiger partial charge in [0.05, 0.1) is 11.4 Å². The molecule has 0 saturated heterocycles. The number of hydrogen-bond donors (Lipinski definition) is 3. The summed E-state index contributed by atoms with van der Waals surface area (Å²) in [6.45, 7) is 0. The summed E-state index contributed by atoms with van der Waals surface area (Å²) in [5.74, 6) is 0.158. The second kappa shape index (κ2) is 9.13. The zero-order chi connectivity index (χ0) is 25.5. The van der Waals surface area contributed by atoms with E-state index in [0.29, 0.717) is 0 Å². The van der Waals surface area contributed by atoms with Crippen LogP contribution < -0.4 is 0 Å². The van der Waals surface area contributed by atoms with Crippen LogP contribution in [0.5, 0.6) is 5.75 Å². The Morgan fingerprint density at radius 3 is 1.34 bits per heavy atom. The Morgan fingerprint density at radius 2 is 0.868 bits per heavy atom. The minimum atomic E-state index is -0.103. The van der Waals surface area contributed by atoms with Crippen molar-refractivity contribution < 1.29 is 5.11 Å². The number of hydrogen-bond acceptors (Lipinski definition) is 1. The monoisotopic (exact) mass is 490 g/mol. The molecule has 182 valence electrons. The largest absolute Gasteiger partial charge is 0.508 e. The number of aromatic nitrogens is 2. The lowest BCUT2D eigenvalue weighted by Crippen LogP contribution is -2.06. The summed E-state index contributed by atoms with van der Waals surface area (Å²) < 4.78 is 0. The lowest BCUT2D eigenvalue weighted by atomic mass is 9.80. The normalized spacial score (nSPS) is 11.5. The van der Waals surface area contributed by atoms with Gasteiger partial charge in [0.2, 0.25) is 0 Å². The van der Waals surface area contributed by atoms with Crippen LogP contribution in [0.25, 0.3) is 44.3 Å². The van der Waals surface area contributed by atoms with Gasteiger partial charge in [-0.1, -0.05) is 109 Å². The summed E-state index contributed by atoms with van der Waals surface area (Å²) in [5.41, 5.74) is 10.3. The lowest BCUT2D eigenvalue weighted by molar-refractivity contribution is 0.475. The van der Waals surface area contributed by atoms with Crippen LogP contribution >= 0.6 is 0 Å². The third kappa shape index (κ3) is 3.68. The fourth-order valence-corrected chi connectivity index (χ4v) is 5.74. The number of H-pyrrole nitrogens is 2. The van der Waals surface area contributed by atoms with E-state index < -0.39 is 0 Å². The van der Waals surface area contributed by atoms with Gasteiger partial charge in [-0.2, -0.15) is 0 Å². The van der Waals surface area contributed by atoms with E-state index in [-0.39, 0.29) is 11.7 Å². The van der Waals surface area contributed by atoms with Crippen LogP contribution in [0.4, 0.5) is 0 Å². The van der Waals surface area contributed by atoms with Crippen LogP contribution in [-0.4, -0.2) is 15.1 Å². The Labute approximate surface area is 221 Å². The molecule has 2 aromatic heterocycles. The Morgan fingerprint density at radius 1 is 0.447 bits per heavy atom. The summed E-state index contributed by atoms with van der Waals surface area (Å²) >= 11 is 0. The Hall–Kier alpha value is -5.02. The van der Waals surface area contributed by atoms with Crippen molar-refractivity contribution >= 4 is 21.8 Å². The third-order valence-electron chi connectivity index (χ3n) is 7.42. The predicted molar refractivity (Wildman–Crippen MR) is 157 cm³/mol. The van der Waals surface area contributed by atoms with Crippen LogP contribution in [0, 0.1) is 0 Å². The minimum absolute atomic E-state index is 0.103. The summed E-state index contributed by atoms with van der Waals surface area (Å²) in [4.78, 5) is 7.50. The number of phenolic OH excluding ortho intramolecular Hbond substituents is 1. The number of fused-ring (bicyclic) bond motifs is 2. The number of aromatic hydroxyl groups is 1. The maximum Gasteiger partial charge on any atom is 0.115 e. The zero-order valence-electron chi connectivity index (χ0n) is 20.7. The SMILES string of the molecule is Oc1ccc(C(c2c(-c3ccccc3)[nH]c3ccccc23)c2c(-c3ccccc3)[nH]c3ccccc23)cc1. The van der Waals surface area contributed by atoms with Gasteiger partial charge in [-0.05, 0) is 52.1 Å². The number of aromatic amines is 2. The molecule has 0 bridgehead atoms. The van der Waals surface area contributed by atoms with E-state index in [1.807, 2.05) is 12.1 Å². The van der Waals surface area contributed by atoms with Gasteiger partial charge in [0.25, 0.3) is 0 Å². The van der Waals surface area contributed by atoms with Crippen molar-refractivity contribution in [1.82, 2.24) is 9.97 Å². The van der Waals surface area contributed by atoms with Crippen LogP contribution in [0.1, 0.15) is 22.6 Å². The molecule has 7 aromatic rings. The van der Waals surface area contributed by atoms with Gasteiger partial charge in [-0.25, -0.2) is 0 Å². The van der Waals surface area contributed by atoms with Gasteiger partial charge in [0.1, 0.15) is 5.75 Å². The molecule has 0 radical (unpaired) electrons. The molecule has 3 nitrogen and oxygen atoms in total. The zero-order valence-corrected chi connectivity index (χ0v) is 20.7. The average molecular weight is 491 g/mol. The van der Waals surface area contributed by atoms with Crippen LogP contribution in [0.15, 0.2) is 133 Å². The van der Waals surface area contributed by atoms with E-state index >= 15 is 0 Å². The van der Waals surface area contributed by atoms with Crippen molar-refractivity contribution in [2.24, 2.45) is 0 Å². The van der Waals surface area contributed by atoms with Crippen molar-refractivity contribution in [3.05, 3.63) is 150 Å². The van der Waals surface area contributed by atoms with Crippen molar-refractivity contribution in [3.63, 3.8) is 0 Å². The molecule has 0 fully saturated rings. The highest BCUT2D eigenvalue weighted by molar-refractivity contribution is 5.97. The molecule has 5 aromatic carbocycles. The van der Waals surface area contributed by atoms with Gasteiger partial charge in [-0.15, -0.1) is 0 Å². The van der Waals surface area contributed by atoms with E-state index in [1.165, 1.54) is 21.9 Å². The Balaban J connectivity index is 1.62. The second-order valence-corrected chi connectivity index (χ2v) is 9.68. The highest BCUT2D eigenvalue weighted by Gasteiger charge is 2.30. The molecule has 7 rings (SSSR count). The Kier molecular flexibility index (Phi) is 5.33. The third-order valence-corrected chi connectivity index (χ3v) is 7.42. The van der Waals surface area contributed by atoms with Crippen molar-refractivity contribution in [3.8, 4) is 28.3 Å². The van der Waals surface area contributed by atoms with Gasteiger partial charge in [0, 0.05) is 27.7 Å². The molecule has 3 heteroatoms. The van der Waals surface area contributed by atoms with Crippen LogP contribution in [-0.2, 0) is 0 Å². The molecule has 0 saturated carbocycles. The standard InChI is InChI=1S/C35H26N2O/c38-26-21-19-23(20-22-26)31(32-27-15-7-9-17-29(27)36-34(32)24-11-3-1-4-12-24)33-28-16-8-10-18-30(28)37-35(33)25-13-5-2-6-14-25/h1-22,31,36-38H. The first-order valence-electron chi connectivity index (χ1n) is 12.9. The minimum Gasteiger partial charge on any atom is -0.508 e. The number of phenols is 1. The number of nitrogens with one attached hydrogen (secondary N) is 2. The fraction of sp³-hybridized carbons (Fsp3) is 0.0286. The summed E-state index contributed by atoms with van der Waals surface area (Å²) in [6, 6.07) is 45.8. The lowest BCUT2D eigenvalue weighted by Gasteiger charge is -2.22. The number of rotatable bonds is 5. The predicted octanol–water partition coefficient (Wildman–Crippen LogP) is 8.87. The molecule has 0 aliphatic carbocycles. The first-order chi connectivity index (χ1) is 18.8. The summed E-state index contributed by atoms with van der Waals surface area (Å²) in [6.07, 6.45) is 0. The first kappa shape index (κ1) is 22.2. The molecular weight excluding hydrogens is 464 g/mol. The number of para-hydroxylation sites is 2. The van der Waals surface area contributed by atoms with Gasteiger partial charge < -0.3 is 15.1 Å². The Bertz CT molecular complexity index is 1750. The van der Waals surface area contributed by atoms with Gasteiger partial charge >= 0.3 is 0 Å². The van der Waals surface area contributed by atoms with E-state index in [4.69, 9.17) is 0 Å². The molecule has 38 heavy (non-hydrogen) atoms. The van der Waals surface area contributed by atoms with E-state index in [1.54, 1.807) is 12.1 Å².